The fourth-order valence-electron chi connectivity index (χ4n) is 2.03. The highest BCUT2D eigenvalue weighted by Crippen LogP contribution is 2.22. The average Bonchev–Trinajstić information content (AvgIpc) is 2.39. The van der Waals surface area contributed by atoms with E-state index >= 15 is 0 Å². The number of carbonyl (C=O) groups excluding carboxylic acids is 1. The van der Waals surface area contributed by atoms with Crippen LogP contribution in [-0.4, -0.2) is 6.29 Å². The van der Waals surface area contributed by atoms with E-state index < -0.39 is 0 Å². The second-order valence-electron chi connectivity index (χ2n) is 4.42. The minimum atomic E-state index is -0.108. The Morgan fingerprint density at radius 1 is 1.11 bits per heavy atom. The number of aldehydes is 1. The summed E-state index contributed by atoms with van der Waals surface area (Å²) in [5.74, 6) is -0.108. The Morgan fingerprint density at radius 2 is 1.78 bits per heavy atom. The van der Waals surface area contributed by atoms with Crippen LogP contribution < -0.4 is 0 Å². The molecule has 0 saturated carbocycles. The number of hydrogen-bond donors (Lipinski definition) is 0. The highest BCUT2D eigenvalue weighted by Gasteiger charge is 2.12. The molecule has 0 fully saturated rings. The first-order valence-corrected chi connectivity index (χ1v) is 6.34. The molecule has 0 amide bonds. The summed E-state index contributed by atoms with van der Waals surface area (Å²) in [5.41, 5.74) is 3.44. The molecule has 1 unspecified atom stereocenters. The zero-order valence-corrected chi connectivity index (χ0v) is 11.0. The number of aryl methyl sites for hydroxylation is 1. The van der Waals surface area contributed by atoms with Gasteiger partial charge in [0.2, 0.25) is 0 Å². The van der Waals surface area contributed by atoms with Gasteiger partial charge in [-0.2, -0.15) is 0 Å². The Morgan fingerprint density at radius 3 is 2.39 bits per heavy atom. The molecule has 2 rings (SSSR count). The lowest BCUT2D eigenvalue weighted by Gasteiger charge is -2.12. The van der Waals surface area contributed by atoms with Crippen molar-refractivity contribution in [3.05, 3.63) is 70.2 Å². The van der Waals surface area contributed by atoms with Gasteiger partial charge in [-0.3, -0.25) is 0 Å². The topological polar surface area (TPSA) is 17.1 Å². The minimum absolute atomic E-state index is 0.108. The van der Waals surface area contributed by atoms with Crippen LogP contribution in [0.1, 0.15) is 22.6 Å². The summed E-state index contributed by atoms with van der Waals surface area (Å²) in [4.78, 5) is 11.3. The Balaban J connectivity index is 2.22. The highest BCUT2D eigenvalue weighted by molar-refractivity contribution is 6.30. The summed E-state index contributed by atoms with van der Waals surface area (Å²) in [5, 5.41) is 0.694. The maximum atomic E-state index is 11.3. The third-order valence-corrected chi connectivity index (χ3v) is 3.42. The molecule has 2 heteroatoms. The third-order valence-electron chi connectivity index (χ3n) is 3.16. The van der Waals surface area contributed by atoms with Crippen LogP contribution in [0.15, 0.2) is 48.5 Å². The molecule has 92 valence electrons. The van der Waals surface area contributed by atoms with Crippen molar-refractivity contribution in [2.75, 3.05) is 0 Å². The van der Waals surface area contributed by atoms with Crippen molar-refractivity contribution in [3.63, 3.8) is 0 Å². The summed E-state index contributed by atoms with van der Waals surface area (Å²) >= 11 is 5.86. The SMILES string of the molecule is Cc1ccccc1CC(C=O)c1ccc(Cl)cc1. The lowest BCUT2D eigenvalue weighted by Crippen LogP contribution is -2.05. The second-order valence-corrected chi connectivity index (χ2v) is 4.86. The van der Waals surface area contributed by atoms with E-state index in [1.54, 1.807) is 0 Å². The van der Waals surface area contributed by atoms with Gasteiger partial charge in [-0.15, -0.1) is 0 Å². The van der Waals surface area contributed by atoms with E-state index in [0.29, 0.717) is 5.02 Å². The molecule has 0 radical (unpaired) electrons. The molecule has 0 aliphatic heterocycles. The van der Waals surface area contributed by atoms with E-state index in [1.165, 1.54) is 11.1 Å². The Hall–Kier alpha value is -1.60. The first-order chi connectivity index (χ1) is 8.70. The van der Waals surface area contributed by atoms with Crippen molar-refractivity contribution in [1.82, 2.24) is 0 Å². The van der Waals surface area contributed by atoms with Crippen LogP contribution in [0.4, 0.5) is 0 Å². The van der Waals surface area contributed by atoms with E-state index in [4.69, 9.17) is 11.6 Å². The highest BCUT2D eigenvalue weighted by atomic mass is 35.5. The molecule has 0 aromatic heterocycles. The fraction of sp³-hybridized carbons (Fsp3) is 0.188. The van der Waals surface area contributed by atoms with Crippen molar-refractivity contribution in [1.29, 1.82) is 0 Å². The molecule has 0 saturated heterocycles. The van der Waals surface area contributed by atoms with Gasteiger partial charge in [-0.25, -0.2) is 0 Å². The van der Waals surface area contributed by atoms with Crippen molar-refractivity contribution in [2.45, 2.75) is 19.3 Å². The number of hydrogen-bond acceptors (Lipinski definition) is 1. The zero-order valence-electron chi connectivity index (χ0n) is 10.3. The molecular formula is C16H15ClO. The largest absolute Gasteiger partial charge is 0.303 e. The van der Waals surface area contributed by atoms with Crippen molar-refractivity contribution >= 4 is 17.9 Å². The summed E-state index contributed by atoms with van der Waals surface area (Å²) in [7, 11) is 0. The van der Waals surface area contributed by atoms with Gasteiger partial charge in [0.1, 0.15) is 6.29 Å². The van der Waals surface area contributed by atoms with Gasteiger partial charge in [-0.05, 0) is 42.2 Å². The monoisotopic (exact) mass is 258 g/mol. The third kappa shape index (κ3) is 2.99. The van der Waals surface area contributed by atoms with Crippen LogP contribution >= 0.6 is 11.6 Å². The molecule has 0 spiro atoms. The maximum Gasteiger partial charge on any atom is 0.127 e. The van der Waals surface area contributed by atoms with E-state index in [9.17, 15) is 4.79 Å². The minimum Gasteiger partial charge on any atom is -0.303 e. The number of benzene rings is 2. The van der Waals surface area contributed by atoms with Gasteiger partial charge in [0.25, 0.3) is 0 Å². The first-order valence-electron chi connectivity index (χ1n) is 5.96. The molecule has 18 heavy (non-hydrogen) atoms. The predicted molar refractivity (Wildman–Crippen MR) is 75.1 cm³/mol. The second kappa shape index (κ2) is 5.83. The molecule has 1 atom stereocenters. The van der Waals surface area contributed by atoms with Crippen molar-refractivity contribution in [2.24, 2.45) is 0 Å². The molecule has 0 N–H and O–H groups in total. The molecule has 1 nitrogen and oxygen atoms in total. The van der Waals surface area contributed by atoms with Crippen LogP contribution in [0.25, 0.3) is 0 Å². The summed E-state index contributed by atoms with van der Waals surface area (Å²) in [6.45, 7) is 2.07. The van der Waals surface area contributed by atoms with Crippen LogP contribution in [-0.2, 0) is 11.2 Å². The maximum absolute atomic E-state index is 11.3. The Bertz CT molecular complexity index is 531. The lowest BCUT2D eigenvalue weighted by atomic mass is 9.91. The van der Waals surface area contributed by atoms with Crippen LogP contribution in [0.2, 0.25) is 5.02 Å². The van der Waals surface area contributed by atoms with Crippen LogP contribution in [0.3, 0.4) is 0 Å². The van der Waals surface area contributed by atoms with Crippen molar-refractivity contribution in [3.8, 4) is 0 Å². The Kier molecular flexibility index (Phi) is 4.16. The van der Waals surface area contributed by atoms with Crippen molar-refractivity contribution < 1.29 is 4.79 Å². The van der Waals surface area contributed by atoms with E-state index in [2.05, 4.69) is 19.1 Å². The molecule has 0 aliphatic rings. The summed E-state index contributed by atoms with van der Waals surface area (Å²) in [6.07, 6.45) is 1.74. The quantitative estimate of drug-likeness (QED) is 0.752. The fourth-order valence-corrected chi connectivity index (χ4v) is 2.16. The van der Waals surface area contributed by atoms with E-state index in [-0.39, 0.29) is 5.92 Å². The standard InChI is InChI=1S/C16H15ClO/c1-12-4-2-3-5-14(12)10-15(11-18)13-6-8-16(17)9-7-13/h2-9,11,15H,10H2,1H3. The Labute approximate surface area is 112 Å². The zero-order chi connectivity index (χ0) is 13.0. The number of carbonyl (C=O) groups is 1. The first kappa shape index (κ1) is 12.8. The van der Waals surface area contributed by atoms with Crippen LogP contribution in [0.5, 0.6) is 0 Å². The van der Waals surface area contributed by atoms with Gasteiger partial charge < -0.3 is 4.79 Å². The molecule has 0 aliphatic carbocycles. The van der Waals surface area contributed by atoms with Crippen LogP contribution in [0, 0.1) is 6.92 Å². The van der Waals surface area contributed by atoms with Gasteiger partial charge in [0, 0.05) is 10.9 Å². The normalized spacial score (nSPS) is 12.1. The average molecular weight is 259 g/mol. The van der Waals surface area contributed by atoms with E-state index in [1.807, 2.05) is 36.4 Å². The molecular weight excluding hydrogens is 244 g/mol. The smallest absolute Gasteiger partial charge is 0.127 e. The lowest BCUT2D eigenvalue weighted by molar-refractivity contribution is -0.109. The predicted octanol–water partition coefficient (Wildman–Crippen LogP) is 4.17. The van der Waals surface area contributed by atoms with Gasteiger partial charge in [0.05, 0.1) is 0 Å². The number of halogens is 1. The van der Waals surface area contributed by atoms with Gasteiger partial charge in [0.15, 0.2) is 0 Å². The van der Waals surface area contributed by atoms with Gasteiger partial charge in [-0.1, -0.05) is 48.0 Å². The molecule has 2 aromatic carbocycles. The summed E-state index contributed by atoms with van der Waals surface area (Å²) in [6, 6.07) is 15.6. The summed E-state index contributed by atoms with van der Waals surface area (Å²) < 4.78 is 0. The molecule has 0 bridgehead atoms. The van der Waals surface area contributed by atoms with E-state index in [0.717, 1.165) is 18.3 Å². The number of rotatable bonds is 4. The molecule has 2 aromatic rings. The molecule has 0 heterocycles. The van der Waals surface area contributed by atoms with Gasteiger partial charge >= 0.3 is 0 Å².